The van der Waals surface area contributed by atoms with Crippen LogP contribution in [0.1, 0.15) is 47.7 Å². The summed E-state index contributed by atoms with van der Waals surface area (Å²) in [6, 6.07) is 13.2. The van der Waals surface area contributed by atoms with Gasteiger partial charge in [-0.05, 0) is 49.8 Å². The first-order chi connectivity index (χ1) is 17.2. The number of amides is 1. The zero-order valence-electron chi connectivity index (χ0n) is 20.7. The highest BCUT2D eigenvalue weighted by molar-refractivity contribution is 7.17. The van der Waals surface area contributed by atoms with Crippen LogP contribution in [0.4, 0.5) is 13.2 Å². The molecule has 3 aromatic rings. The fraction of sp³-hybridized carbons (Fsp3) is 0.385. The van der Waals surface area contributed by atoms with E-state index in [4.69, 9.17) is 9.47 Å². The molecule has 6 nitrogen and oxygen atoms in total. The number of alkyl halides is 3. The topological polar surface area (TPSA) is 63.7 Å². The fourth-order valence-corrected chi connectivity index (χ4v) is 4.65. The Morgan fingerprint density at radius 3 is 2.53 bits per heavy atom. The molecule has 0 aliphatic rings. The number of carbonyl (C=O) groups is 1. The molecule has 0 bridgehead atoms. The van der Waals surface area contributed by atoms with Crippen molar-refractivity contribution in [3.05, 3.63) is 64.7 Å². The van der Waals surface area contributed by atoms with Crippen LogP contribution in [0.5, 0.6) is 11.5 Å². The Bertz CT molecular complexity index is 1160. The number of hydrogen-bond acceptors (Lipinski definition) is 6. The van der Waals surface area contributed by atoms with Crippen molar-refractivity contribution in [1.29, 1.82) is 0 Å². The van der Waals surface area contributed by atoms with Gasteiger partial charge in [0.2, 0.25) is 0 Å². The van der Waals surface area contributed by atoms with Crippen LogP contribution in [0.2, 0.25) is 0 Å². The van der Waals surface area contributed by atoms with Crippen molar-refractivity contribution in [2.24, 2.45) is 0 Å². The van der Waals surface area contributed by atoms with E-state index in [1.807, 2.05) is 13.8 Å². The quantitative estimate of drug-likeness (QED) is 0.333. The zero-order valence-corrected chi connectivity index (χ0v) is 21.5. The number of thiazole rings is 1. The molecule has 0 aliphatic carbocycles. The molecule has 3 rings (SSSR count). The third-order valence-electron chi connectivity index (χ3n) is 5.72. The van der Waals surface area contributed by atoms with Gasteiger partial charge in [0.15, 0.2) is 5.69 Å². The number of halogens is 3. The molecule has 36 heavy (non-hydrogen) atoms. The molecule has 2 aromatic carbocycles. The van der Waals surface area contributed by atoms with E-state index in [2.05, 4.69) is 15.2 Å². The average molecular weight is 522 g/mol. The summed E-state index contributed by atoms with van der Waals surface area (Å²) in [5.41, 5.74) is -0.101. The van der Waals surface area contributed by atoms with Gasteiger partial charge in [-0.3, -0.25) is 4.79 Å². The van der Waals surface area contributed by atoms with Gasteiger partial charge >= 0.3 is 6.18 Å². The van der Waals surface area contributed by atoms with E-state index in [-0.39, 0.29) is 5.01 Å². The number of nitrogens with one attached hydrogen (secondary N) is 1. The summed E-state index contributed by atoms with van der Waals surface area (Å²) < 4.78 is 52.7. The van der Waals surface area contributed by atoms with Crippen molar-refractivity contribution in [3.63, 3.8) is 0 Å². The molecule has 0 saturated carbocycles. The lowest BCUT2D eigenvalue weighted by Gasteiger charge is -2.18. The summed E-state index contributed by atoms with van der Waals surface area (Å²) in [6.45, 7) is 8.59. The Kier molecular flexibility index (Phi) is 9.33. The molecule has 0 aliphatic heterocycles. The van der Waals surface area contributed by atoms with E-state index in [0.29, 0.717) is 47.1 Å². The van der Waals surface area contributed by atoms with Crippen molar-refractivity contribution in [2.45, 2.75) is 33.0 Å². The van der Waals surface area contributed by atoms with Gasteiger partial charge in [0.05, 0.1) is 18.7 Å². The normalized spacial score (nSPS) is 12.4. The Morgan fingerprint density at radius 2 is 1.86 bits per heavy atom. The van der Waals surface area contributed by atoms with Crippen LogP contribution >= 0.6 is 11.3 Å². The number of carbonyl (C=O) groups excluding carboxylic acids is 1. The van der Waals surface area contributed by atoms with E-state index < -0.39 is 28.7 Å². The van der Waals surface area contributed by atoms with Crippen LogP contribution in [0.15, 0.2) is 48.5 Å². The van der Waals surface area contributed by atoms with Gasteiger partial charge in [-0.2, -0.15) is 13.2 Å². The zero-order chi connectivity index (χ0) is 26.3. The molecule has 1 aromatic heterocycles. The molecule has 194 valence electrons. The first-order valence-corrected chi connectivity index (χ1v) is 12.5. The molecule has 0 spiro atoms. The minimum atomic E-state index is -4.79. The summed E-state index contributed by atoms with van der Waals surface area (Å²) in [7, 11) is 1.52. The number of methoxy groups -OCH3 is 1. The Morgan fingerprint density at radius 1 is 1.14 bits per heavy atom. The van der Waals surface area contributed by atoms with Crippen LogP contribution in [-0.2, 0) is 6.18 Å². The van der Waals surface area contributed by atoms with Gasteiger partial charge in [-0.1, -0.05) is 38.1 Å². The summed E-state index contributed by atoms with van der Waals surface area (Å²) in [6.07, 6.45) is -4.79. The maximum Gasteiger partial charge on any atom is 0.435 e. The largest absolute Gasteiger partial charge is 0.497 e. The molecule has 1 N–H and O–H groups in total. The Labute approximate surface area is 213 Å². The van der Waals surface area contributed by atoms with Crippen molar-refractivity contribution in [2.75, 3.05) is 33.4 Å². The molecule has 10 heteroatoms. The van der Waals surface area contributed by atoms with E-state index in [0.717, 1.165) is 13.1 Å². The van der Waals surface area contributed by atoms with Gasteiger partial charge in [0, 0.05) is 6.54 Å². The minimum absolute atomic E-state index is 0.0694. The third-order valence-corrected chi connectivity index (χ3v) is 6.81. The summed E-state index contributed by atoms with van der Waals surface area (Å²) in [5, 5.41) is 2.72. The van der Waals surface area contributed by atoms with Gasteiger partial charge in [0.1, 0.15) is 28.0 Å². The van der Waals surface area contributed by atoms with Crippen LogP contribution in [0.25, 0.3) is 10.6 Å². The maximum absolute atomic E-state index is 13.9. The molecule has 0 fully saturated rings. The van der Waals surface area contributed by atoms with Crippen LogP contribution in [0, 0.1) is 0 Å². The van der Waals surface area contributed by atoms with E-state index >= 15 is 0 Å². The third kappa shape index (κ3) is 6.76. The molecule has 0 saturated heterocycles. The number of hydrogen-bond donors (Lipinski definition) is 1. The standard InChI is InChI=1S/C26H30F3N3O3S/c1-5-32(6-2)14-15-35-21-13-8-7-12-20(21)25-31-23(26(27,28)29)22(36-25)24(33)30-17(3)18-10-9-11-19(16-18)34-4/h7-13,16-17H,5-6,14-15H2,1-4H3,(H,30,33)/t17-/m0/s1. The number of ether oxygens (including phenoxy) is 2. The predicted molar refractivity (Wildman–Crippen MR) is 135 cm³/mol. The second kappa shape index (κ2) is 12.2. The van der Waals surface area contributed by atoms with Gasteiger partial charge in [0.25, 0.3) is 5.91 Å². The molecule has 1 atom stereocenters. The van der Waals surface area contributed by atoms with E-state index in [1.165, 1.54) is 7.11 Å². The molecule has 1 heterocycles. The molecule has 0 unspecified atom stereocenters. The molecule has 0 radical (unpaired) electrons. The lowest BCUT2D eigenvalue weighted by Crippen LogP contribution is -2.28. The lowest BCUT2D eigenvalue weighted by atomic mass is 10.1. The summed E-state index contributed by atoms with van der Waals surface area (Å²) >= 11 is 0.697. The second-order valence-electron chi connectivity index (χ2n) is 8.04. The number of para-hydroxylation sites is 1. The first kappa shape index (κ1) is 27.5. The Hall–Kier alpha value is -3.11. The minimum Gasteiger partial charge on any atom is -0.497 e. The predicted octanol–water partition coefficient (Wildman–Crippen LogP) is 6.05. The average Bonchev–Trinajstić information content (AvgIpc) is 3.33. The number of nitrogens with zero attached hydrogens (tertiary/aromatic N) is 2. The van der Waals surface area contributed by atoms with E-state index in [9.17, 15) is 18.0 Å². The summed E-state index contributed by atoms with van der Waals surface area (Å²) in [5.74, 6) is 0.160. The van der Waals surface area contributed by atoms with Crippen molar-refractivity contribution in [1.82, 2.24) is 15.2 Å². The van der Waals surface area contributed by atoms with Crippen molar-refractivity contribution < 1.29 is 27.4 Å². The molecular weight excluding hydrogens is 491 g/mol. The van der Waals surface area contributed by atoms with Gasteiger partial charge in [-0.15, -0.1) is 11.3 Å². The molecule has 1 amide bonds. The highest BCUT2D eigenvalue weighted by Crippen LogP contribution is 2.40. The highest BCUT2D eigenvalue weighted by atomic mass is 32.1. The number of rotatable bonds is 11. The monoisotopic (exact) mass is 521 g/mol. The van der Waals surface area contributed by atoms with Crippen LogP contribution < -0.4 is 14.8 Å². The number of benzene rings is 2. The van der Waals surface area contributed by atoms with E-state index in [1.54, 1.807) is 55.5 Å². The summed E-state index contributed by atoms with van der Waals surface area (Å²) in [4.78, 5) is 18.5. The van der Waals surface area contributed by atoms with Gasteiger partial charge < -0.3 is 19.7 Å². The lowest BCUT2D eigenvalue weighted by molar-refractivity contribution is -0.141. The van der Waals surface area contributed by atoms with Crippen LogP contribution in [-0.4, -0.2) is 49.1 Å². The van der Waals surface area contributed by atoms with Crippen molar-refractivity contribution >= 4 is 17.2 Å². The smallest absolute Gasteiger partial charge is 0.435 e. The first-order valence-electron chi connectivity index (χ1n) is 11.6. The number of likely N-dealkylation sites (N-methyl/N-ethyl adjacent to an activating group) is 1. The maximum atomic E-state index is 13.9. The van der Waals surface area contributed by atoms with Gasteiger partial charge in [-0.25, -0.2) is 4.98 Å². The SMILES string of the molecule is CCN(CC)CCOc1ccccc1-c1nc(C(F)(F)F)c(C(=O)N[C@@H](C)c2cccc(OC)c2)s1. The second-order valence-corrected chi connectivity index (χ2v) is 9.04. The Balaban J connectivity index is 1.88. The highest BCUT2D eigenvalue weighted by Gasteiger charge is 2.40. The van der Waals surface area contributed by atoms with Crippen molar-refractivity contribution in [3.8, 4) is 22.1 Å². The molecular formula is C26H30F3N3O3S. The van der Waals surface area contributed by atoms with Crippen LogP contribution in [0.3, 0.4) is 0 Å². The number of aromatic nitrogens is 1. The fourth-order valence-electron chi connectivity index (χ4n) is 3.63.